The molecule has 0 radical (unpaired) electrons. The summed E-state index contributed by atoms with van der Waals surface area (Å²) in [4.78, 5) is 21.2. The molecule has 3 aromatic rings. The van der Waals surface area contributed by atoms with Crippen LogP contribution in [-0.4, -0.2) is 33.8 Å². The number of halogens is 1. The van der Waals surface area contributed by atoms with E-state index in [1.54, 1.807) is 44.2 Å². The van der Waals surface area contributed by atoms with E-state index in [0.29, 0.717) is 22.5 Å². The first-order valence-corrected chi connectivity index (χ1v) is 10.4. The highest BCUT2D eigenvalue weighted by molar-refractivity contribution is 5.76. The third-order valence-corrected chi connectivity index (χ3v) is 4.90. The number of carbonyl (C=O) groups is 1. The van der Waals surface area contributed by atoms with Crippen LogP contribution in [0.2, 0.25) is 0 Å². The van der Waals surface area contributed by atoms with Crippen molar-refractivity contribution in [1.82, 2.24) is 9.97 Å². The molecule has 2 aromatic carbocycles. The Hall–Kier alpha value is -3.32. The maximum atomic E-state index is 13.8. The summed E-state index contributed by atoms with van der Waals surface area (Å²) in [6.45, 7) is 7.72. The van der Waals surface area contributed by atoms with Gasteiger partial charge in [-0.25, -0.2) is 19.2 Å². The van der Waals surface area contributed by atoms with E-state index in [9.17, 15) is 14.3 Å². The van der Waals surface area contributed by atoms with Crippen LogP contribution >= 0.6 is 0 Å². The second-order valence-corrected chi connectivity index (χ2v) is 8.08. The van der Waals surface area contributed by atoms with Gasteiger partial charge in [0, 0.05) is 11.4 Å². The highest BCUT2D eigenvalue weighted by Gasteiger charge is 2.50. The molecule has 1 aromatic heterocycles. The van der Waals surface area contributed by atoms with Gasteiger partial charge in [0.25, 0.3) is 0 Å². The molecule has 1 heterocycles. The lowest BCUT2D eigenvalue weighted by Gasteiger charge is -2.39. The van der Waals surface area contributed by atoms with Crippen molar-refractivity contribution in [1.29, 1.82) is 0 Å². The molecule has 3 rings (SSSR count). The monoisotopic (exact) mass is 438 g/mol. The van der Waals surface area contributed by atoms with Crippen molar-refractivity contribution in [2.24, 2.45) is 5.92 Å². The fraction of sp³-hybridized carbons (Fsp3) is 0.320. The van der Waals surface area contributed by atoms with Crippen LogP contribution in [0.25, 0.3) is 0 Å². The van der Waals surface area contributed by atoms with Crippen LogP contribution in [0.3, 0.4) is 0 Å². The second-order valence-electron chi connectivity index (χ2n) is 8.08. The van der Waals surface area contributed by atoms with Gasteiger partial charge in [-0.05, 0) is 49.1 Å². The van der Waals surface area contributed by atoms with Crippen molar-refractivity contribution in [2.45, 2.75) is 39.4 Å². The molecule has 0 saturated carbocycles. The highest BCUT2D eigenvalue weighted by Crippen LogP contribution is 2.39. The van der Waals surface area contributed by atoms with Gasteiger partial charge in [0.2, 0.25) is 6.10 Å². The van der Waals surface area contributed by atoms with Gasteiger partial charge < -0.3 is 14.6 Å². The number of hydrogen-bond acceptors (Lipinski definition) is 5. The summed E-state index contributed by atoms with van der Waals surface area (Å²) >= 11 is 0. The fourth-order valence-corrected chi connectivity index (χ4v) is 3.55. The number of aromatic nitrogens is 2. The number of rotatable bonds is 9. The summed E-state index contributed by atoms with van der Waals surface area (Å²) in [6, 6.07) is 16.2. The van der Waals surface area contributed by atoms with E-state index in [-0.39, 0.29) is 18.5 Å². The van der Waals surface area contributed by atoms with E-state index in [0.717, 1.165) is 0 Å². The first-order chi connectivity index (χ1) is 15.2. The summed E-state index contributed by atoms with van der Waals surface area (Å²) in [5.41, 5.74) is 0.719. The predicted molar refractivity (Wildman–Crippen MR) is 118 cm³/mol. The lowest BCUT2D eigenvalue weighted by atomic mass is 9.80. The Bertz CT molecular complexity index is 1040. The number of nitrogens with zero attached hydrogens (tertiary/aromatic N) is 2. The van der Waals surface area contributed by atoms with Crippen molar-refractivity contribution in [3.63, 3.8) is 0 Å². The van der Waals surface area contributed by atoms with E-state index in [4.69, 9.17) is 9.47 Å². The van der Waals surface area contributed by atoms with Gasteiger partial charge >= 0.3 is 12.0 Å². The SMILES string of the molecule is Cc1cc(C)nc(O[C@@H](C(=O)O)[C@](OCC(C)C)(c2ccccc2)c2ccc(F)cc2)n1. The van der Waals surface area contributed by atoms with Crippen molar-refractivity contribution >= 4 is 5.97 Å². The molecule has 0 aliphatic rings. The van der Waals surface area contributed by atoms with E-state index in [2.05, 4.69) is 9.97 Å². The molecule has 0 aliphatic heterocycles. The lowest BCUT2D eigenvalue weighted by Crippen LogP contribution is -2.51. The third kappa shape index (κ3) is 5.11. The summed E-state index contributed by atoms with van der Waals surface area (Å²) in [5.74, 6) is -1.60. The zero-order chi connectivity index (χ0) is 23.3. The van der Waals surface area contributed by atoms with Crippen LogP contribution in [0.4, 0.5) is 4.39 Å². The van der Waals surface area contributed by atoms with Gasteiger partial charge in [0.15, 0.2) is 5.60 Å². The van der Waals surface area contributed by atoms with Gasteiger partial charge in [-0.2, -0.15) is 0 Å². The summed E-state index contributed by atoms with van der Waals surface area (Å²) < 4.78 is 26.1. The first kappa shape index (κ1) is 23.3. The smallest absolute Gasteiger partial charge is 0.348 e. The van der Waals surface area contributed by atoms with Crippen LogP contribution in [0.5, 0.6) is 6.01 Å². The maximum Gasteiger partial charge on any atom is 0.348 e. The molecule has 0 spiro atoms. The Balaban J connectivity index is 2.25. The predicted octanol–water partition coefficient (Wildman–Crippen LogP) is 4.68. The largest absolute Gasteiger partial charge is 0.478 e. The van der Waals surface area contributed by atoms with Crippen molar-refractivity contribution < 1.29 is 23.8 Å². The molecule has 0 aliphatic carbocycles. The minimum atomic E-state index is -1.58. The Kier molecular flexibility index (Phi) is 7.20. The minimum absolute atomic E-state index is 0.0644. The first-order valence-electron chi connectivity index (χ1n) is 10.4. The molecule has 6 nitrogen and oxygen atoms in total. The molecule has 0 unspecified atom stereocenters. The van der Waals surface area contributed by atoms with E-state index >= 15 is 0 Å². The van der Waals surface area contributed by atoms with Gasteiger partial charge in [-0.3, -0.25) is 0 Å². The number of aryl methyl sites for hydroxylation is 2. The number of hydrogen-bond donors (Lipinski definition) is 1. The molecule has 0 amide bonds. The molecule has 0 saturated heterocycles. The van der Waals surface area contributed by atoms with Crippen LogP contribution < -0.4 is 4.74 Å². The number of aliphatic carboxylic acids is 1. The van der Waals surface area contributed by atoms with Crippen molar-refractivity contribution in [3.8, 4) is 6.01 Å². The van der Waals surface area contributed by atoms with E-state index < -0.39 is 23.5 Å². The van der Waals surface area contributed by atoms with Crippen molar-refractivity contribution in [3.05, 3.63) is 89.0 Å². The molecular weight excluding hydrogens is 411 g/mol. The van der Waals surface area contributed by atoms with Gasteiger partial charge in [0.05, 0.1) is 6.61 Å². The second kappa shape index (κ2) is 9.87. The zero-order valence-electron chi connectivity index (χ0n) is 18.6. The normalized spacial score (nSPS) is 14.1. The van der Waals surface area contributed by atoms with E-state index in [1.165, 1.54) is 24.3 Å². The van der Waals surface area contributed by atoms with Crippen LogP contribution in [0.15, 0.2) is 60.7 Å². The molecule has 7 heteroatoms. The van der Waals surface area contributed by atoms with Crippen LogP contribution in [0.1, 0.15) is 36.4 Å². The van der Waals surface area contributed by atoms with Gasteiger partial charge in [-0.1, -0.05) is 56.3 Å². The quantitative estimate of drug-likeness (QED) is 0.522. The Morgan fingerprint density at radius 2 is 1.56 bits per heavy atom. The third-order valence-electron chi connectivity index (χ3n) is 4.90. The molecule has 1 N–H and O–H groups in total. The van der Waals surface area contributed by atoms with Crippen molar-refractivity contribution in [2.75, 3.05) is 6.61 Å². The number of carboxylic acids is 1. The number of ether oxygens (including phenoxy) is 2. The Labute approximate surface area is 187 Å². The summed E-state index contributed by atoms with van der Waals surface area (Å²) in [6.07, 6.45) is -1.55. The average molecular weight is 438 g/mol. The molecule has 32 heavy (non-hydrogen) atoms. The van der Waals surface area contributed by atoms with Gasteiger partial charge in [-0.15, -0.1) is 0 Å². The number of benzene rings is 2. The van der Waals surface area contributed by atoms with Crippen LogP contribution in [-0.2, 0) is 15.1 Å². The summed E-state index contributed by atoms with van der Waals surface area (Å²) in [5, 5.41) is 10.3. The van der Waals surface area contributed by atoms with E-state index in [1.807, 2.05) is 19.9 Å². The maximum absolute atomic E-state index is 13.8. The number of carboxylic acid groups (broad SMARTS) is 1. The molecular formula is C25H27FN2O4. The Morgan fingerprint density at radius 1 is 1.00 bits per heavy atom. The average Bonchev–Trinajstić information content (AvgIpc) is 2.74. The summed E-state index contributed by atoms with van der Waals surface area (Å²) in [7, 11) is 0. The molecule has 168 valence electrons. The van der Waals surface area contributed by atoms with Crippen LogP contribution in [0, 0.1) is 25.6 Å². The molecule has 0 bridgehead atoms. The van der Waals surface area contributed by atoms with Gasteiger partial charge in [0.1, 0.15) is 5.82 Å². The Morgan fingerprint density at radius 3 is 2.09 bits per heavy atom. The molecule has 2 atom stereocenters. The molecule has 0 fully saturated rings. The highest BCUT2D eigenvalue weighted by atomic mass is 19.1. The standard InChI is InChI=1S/C25H27FN2O4/c1-16(2)15-31-25(19-8-6-5-7-9-19,20-10-12-21(26)13-11-20)22(23(29)30)32-24-27-17(3)14-18(4)28-24/h5-14,16,22H,15H2,1-4H3,(H,29,30)/t22-,25-/m0/s1. The minimum Gasteiger partial charge on any atom is -0.478 e. The fourth-order valence-electron chi connectivity index (χ4n) is 3.55. The zero-order valence-corrected chi connectivity index (χ0v) is 18.6. The topological polar surface area (TPSA) is 81.5 Å². The lowest BCUT2D eigenvalue weighted by molar-refractivity contribution is -0.165.